The van der Waals surface area contributed by atoms with E-state index in [1.54, 1.807) is 12.1 Å². The second-order valence-corrected chi connectivity index (χ2v) is 7.89. The van der Waals surface area contributed by atoms with Gasteiger partial charge in [-0.15, -0.1) is 0 Å². The monoisotopic (exact) mass is 402 g/mol. The number of likely N-dealkylation sites (tertiary alicyclic amines) is 1. The van der Waals surface area contributed by atoms with Gasteiger partial charge in [-0.3, -0.25) is 4.90 Å². The summed E-state index contributed by atoms with van der Waals surface area (Å²) in [6.07, 6.45) is 0.780. The minimum absolute atomic E-state index is 0.130. The van der Waals surface area contributed by atoms with Crippen molar-refractivity contribution in [1.29, 1.82) is 0 Å². The highest BCUT2D eigenvalue weighted by molar-refractivity contribution is 5.88. The van der Waals surface area contributed by atoms with Crippen LogP contribution in [-0.2, 0) is 11.4 Å². The zero-order chi connectivity index (χ0) is 20.9. The van der Waals surface area contributed by atoms with Gasteiger partial charge < -0.3 is 4.84 Å². The van der Waals surface area contributed by atoms with Gasteiger partial charge >= 0.3 is 0 Å². The first-order valence-corrected chi connectivity index (χ1v) is 10.4. The Balaban J connectivity index is 1.62. The van der Waals surface area contributed by atoms with Gasteiger partial charge in [-0.1, -0.05) is 90.9 Å². The van der Waals surface area contributed by atoms with Crippen LogP contribution < -0.4 is 0 Å². The van der Waals surface area contributed by atoms with Crippen LogP contribution in [0.5, 0.6) is 0 Å². The third kappa shape index (κ3) is 4.29. The van der Waals surface area contributed by atoms with Crippen LogP contribution >= 0.6 is 0 Å². The lowest BCUT2D eigenvalue weighted by molar-refractivity contribution is 0.103. The number of piperidine rings is 1. The highest BCUT2D eigenvalue weighted by Gasteiger charge is 2.38. The number of hydrogen-bond acceptors (Lipinski definition) is 3. The van der Waals surface area contributed by atoms with E-state index in [2.05, 4.69) is 72.6 Å². The first-order chi connectivity index (χ1) is 14.6. The van der Waals surface area contributed by atoms with Gasteiger partial charge in [0.25, 0.3) is 0 Å². The van der Waals surface area contributed by atoms with Crippen molar-refractivity contribution in [3.63, 3.8) is 0 Å². The molecule has 0 aliphatic carbocycles. The molecule has 0 N–H and O–H groups in total. The number of halogens is 1. The highest BCUT2D eigenvalue weighted by Crippen LogP contribution is 2.42. The van der Waals surface area contributed by atoms with E-state index in [0.29, 0.717) is 5.56 Å². The molecule has 4 heteroatoms. The fourth-order valence-electron chi connectivity index (χ4n) is 4.38. The second-order valence-electron chi connectivity index (χ2n) is 7.89. The Morgan fingerprint density at radius 1 is 0.900 bits per heavy atom. The Bertz CT molecular complexity index is 990. The summed E-state index contributed by atoms with van der Waals surface area (Å²) in [7, 11) is 2.18. The molecule has 0 bridgehead atoms. The fraction of sp³-hybridized carbons (Fsp3) is 0.269. The Labute approximate surface area is 177 Å². The maximum Gasteiger partial charge on any atom is 0.145 e. The number of benzene rings is 3. The quantitative estimate of drug-likeness (QED) is 0.478. The van der Waals surface area contributed by atoms with E-state index in [4.69, 9.17) is 4.84 Å². The van der Waals surface area contributed by atoms with Crippen LogP contribution in [0.2, 0.25) is 0 Å². The predicted molar refractivity (Wildman–Crippen MR) is 119 cm³/mol. The zero-order valence-electron chi connectivity index (χ0n) is 17.4. The van der Waals surface area contributed by atoms with Crippen LogP contribution in [0.4, 0.5) is 4.39 Å². The Morgan fingerprint density at radius 3 is 2.17 bits per heavy atom. The summed E-state index contributed by atoms with van der Waals surface area (Å²) in [5.41, 5.74) is 4.04. The van der Waals surface area contributed by atoms with Crippen LogP contribution in [0, 0.1) is 11.7 Å². The van der Waals surface area contributed by atoms with E-state index in [1.165, 1.54) is 17.2 Å². The summed E-state index contributed by atoms with van der Waals surface area (Å²) >= 11 is 0. The number of oxime groups is 1. The molecule has 0 aromatic heterocycles. The minimum Gasteiger partial charge on any atom is -0.391 e. The van der Waals surface area contributed by atoms with Gasteiger partial charge in [0, 0.05) is 30.0 Å². The van der Waals surface area contributed by atoms with Gasteiger partial charge in [0.05, 0.1) is 5.71 Å². The Kier molecular flexibility index (Phi) is 6.24. The molecule has 1 saturated heterocycles. The summed E-state index contributed by atoms with van der Waals surface area (Å²) in [6.45, 7) is 2.32. The third-order valence-corrected chi connectivity index (χ3v) is 6.02. The summed E-state index contributed by atoms with van der Waals surface area (Å²) in [5.74, 6) is -0.0866. The van der Waals surface area contributed by atoms with Gasteiger partial charge in [0.15, 0.2) is 0 Å². The lowest BCUT2D eigenvalue weighted by atomic mass is 9.80. The topological polar surface area (TPSA) is 24.8 Å². The molecule has 1 aliphatic rings. The number of nitrogens with zero attached hydrogens (tertiary/aromatic N) is 2. The van der Waals surface area contributed by atoms with Crippen LogP contribution in [0.25, 0.3) is 0 Å². The van der Waals surface area contributed by atoms with Crippen molar-refractivity contribution < 1.29 is 9.23 Å². The van der Waals surface area contributed by atoms with Crippen molar-refractivity contribution in [2.75, 3.05) is 7.05 Å². The molecule has 3 unspecified atom stereocenters. The molecule has 0 spiro atoms. The normalized spacial score (nSPS) is 23.4. The number of rotatable bonds is 5. The van der Waals surface area contributed by atoms with Crippen molar-refractivity contribution in [2.24, 2.45) is 11.1 Å². The average molecular weight is 403 g/mol. The molecule has 1 fully saturated rings. The molecule has 30 heavy (non-hydrogen) atoms. The molecule has 0 amide bonds. The van der Waals surface area contributed by atoms with Crippen molar-refractivity contribution >= 4 is 5.71 Å². The van der Waals surface area contributed by atoms with Gasteiger partial charge in [0.1, 0.15) is 12.4 Å². The molecule has 3 atom stereocenters. The van der Waals surface area contributed by atoms with E-state index in [1.807, 2.05) is 18.2 Å². The maximum atomic E-state index is 13.9. The minimum atomic E-state index is -0.265. The first kappa shape index (κ1) is 20.3. The summed E-state index contributed by atoms with van der Waals surface area (Å²) < 4.78 is 13.9. The molecule has 3 aromatic rings. The lowest BCUT2D eigenvalue weighted by Gasteiger charge is -2.44. The summed E-state index contributed by atoms with van der Waals surface area (Å²) in [6, 6.07) is 28.1. The van der Waals surface area contributed by atoms with Crippen molar-refractivity contribution in [2.45, 2.75) is 32.0 Å². The third-order valence-electron chi connectivity index (χ3n) is 6.02. The first-order valence-electron chi connectivity index (χ1n) is 10.4. The molecular weight excluding hydrogens is 375 g/mol. The Hall–Kier alpha value is -2.98. The van der Waals surface area contributed by atoms with E-state index in [9.17, 15) is 4.39 Å². The number of hydrogen-bond donors (Lipinski definition) is 0. The highest BCUT2D eigenvalue weighted by atomic mass is 19.1. The van der Waals surface area contributed by atoms with Crippen LogP contribution in [-0.4, -0.2) is 17.7 Å². The SMILES string of the molecule is CC1/C(=N/OCc2ccccc2F)CC(c2ccccc2)N(C)C1c1ccccc1. The zero-order valence-corrected chi connectivity index (χ0v) is 17.4. The second kappa shape index (κ2) is 9.23. The molecule has 154 valence electrons. The maximum absolute atomic E-state index is 13.9. The van der Waals surface area contributed by atoms with E-state index in [0.717, 1.165) is 12.1 Å². The molecule has 0 radical (unpaired) electrons. The van der Waals surface area contributed by atoms with Gasteiger partial charge in [-0.2, -0.15) is 0 Å². The van der Waals surface area contributed by atoms with Crippen molar-refractivity contribution in [3.05, 3.63) is 107 Å². The summed E-state index contributed by atoms with van der Waals surface area (Å²) in [5, 5.41) is 4.51. The van der Waals surface area contributed by atoms with E-state index < -0.39 is 0 Å². The standard InChI is InChI=1S/C26H27FN2O/c1-19-24(28-30-18-22-15-9-10-16-23(22)27)17-25(20-11-5-3-6-12-20)29(2)26(19)21-13-7-4-8-14-21/h3-16,19,25-26H,17-18H2,1-2H3/b28-24+. The van der Waals surface area contributed by atoms with Gasteiger partial charge in [-0.05, 0) is 24.2 Å². The molecule has 3 nitrogen and oxygen atoms in total. The predicted octanol–water partition coefficient (Wildman–Crippen LogP) is 6.15. The van der Waals surface area contributed by atoms with Gasteiger partial charge in [-0.25, -0.2) is 4.39 Å². The van der Waals surface area contributed by atoms with Crippen molar-refractivity contribution in [3.8, 4) is 0 Å². The van der Waals surface area contributed by atoms with E-state index in [-0.39, 0.29) is 30.4 Å². The van der Waals surface area contributed by atoms with Crippen LogP contribution in [0.3, 0.4) is 0 Å². The smallest absolute Gasteiger partial charge is 0.145 e. The molecule has 0 saturated carbocycles. The molecule has 4 rings (SSSR count). The fourth-order valence-corrected chi connectivity index (χ4v) is 4.38. The lowest BCUT2D eigenvalue weighted by Crippen LogP contribution is -2.42. The molecule has 1 heterocycles. The molecular formula is C26H27FN2O. The van der Waals surface area contributed by atoms with Gasteiger partial charge in [0.2, 0.25) is 0 Å². The molecule has 1 aliphatic heterocycles. The largest absolute Gasteiger partial charge is 0.391 e. The average Bonchev–Trinajstić information content (AvgIpc) is 2.78. The molecule has 3 aromatic carbocycles. The van der Waals surface area contributed by atoms with Crippen LogP contribution in [0.15, 0.2) is 90.1 Å². The van der Waals surface area contributed by atoms with E-state index >= 15 is 0 Å². The summed E-state index contributed by atoms with van der Waals surface area (Å²) in [4.78, 5) is 8.08. The Morgan fingerprint density at radius 2 is 1.50 bits per heavy atom. The van der Waals surface area contributed by atoms with Crippen LogP contribution in [0.1, 0.15) is 42.1 Å². The van der Waals surface area contributed by atoms with Crippen molar-refractivity contribution in [1.82, 2.24) is 4.90 Å².